The lowest BCUT2D eigenvalue weighted by Gasteiger charge is -2.27. The molecule has 1 unspecified atom stereocenters. The van der Waals surface area contributed by atoms with E-state index in [1.54, 1.807) is 12.1 Å². The van der Waals surface area contributed by atoms with E-state index in [4.69, 9.17) is 9.47 Å². The van der Waals surface area contributed by atoms with Crippen LogP contribution < -0.4 is 4.74 Å². The first kappa shape index (κ1) is 14.0. The van der Waals surface area contributed by atoms with Crippen molar-refractivity contribution in [3.8, 4) is 5.75 Å². The van der Waals surface area contributed by atoms with Crippen LogP contribution in [0.3, 0.4) is 0 Å². The maximum atomic E-state index is 11.7. The summed E-state index contributed by atoms with van der Waals surface area (Å²) in [6, 6.07) is 8.99. The van der Waals surface area contributed by atoms with Gasteiger partial charge in [0.1, 0.15) is 5.75 Å². The van der Waals surface area contributed by atoms with Gasteiger partial charge in [-0.3, -0.25) is 0 Å². The molecule has 0 saturated heterocycles. The standard InChI is InChI=1S/C12H15BrO4/c1-12(11(14)15-2,16-9-8-13)17-10-6-4-3-5-7-10/h3-7H,8-9H2,1-2H3. The Balaban J connectivity index is 2.80. The van der Waals surface area contributed by atoms with E-state index in [0.29, 0.717) is 17.7 Å². The molecule has 0 amide bonds. The quantitative estimate of drug-likeness (QED) is 0.460. The third kappa shape index (κ3) is 4.02. The predicted octanol–water partition coefficient (Wildman–Crippen LogP) is 2.37. The van der Waals surface area contributed by atoms with Crippen LogP contribution in [0.4, 0.5) is 0 Å². The maximum absolute atomic E-state index is 11.7. The van der Waals surface area contributed by atoms with E-state index < -0.39 is 11.8 Å². The van der Waals surface area contributed by atoms with E-state index >= 15 is 0 Å². The van der Waals surface area contributed by atoms with Gasteiger partial charge in [-0.05, 0) is 12.1 Å². The molecule has 5 heteroatoms. The van der Waals surface area contributed by atoms with Crippen molar-refractivity contribution >= 4 is 21.9 Å². The lowest BCUT2D eigenvalue weighted by molar-refractivity contribution is -0.206. The number of ether oxygens (including phenoxy) is 3. The Kier molecular flexibility index (Phi) is 5.44. The number of hydrogen-bond acceptors (Lipinski definition) is 4. The molecule has 0 N–H and O–H groups in total. The number of esters is 1. The summed E-state index contributed by atoms with van der Waals surface area (Å²) in [5.41, 5.74) is 0. The second-order valence-electron chi connectivity index (χ2n) is 3.39. The number of methoxy groups -OCH3 is 1. The summed E-state index contributed by atoms with van der Waals surface area (Å²) in [6.07, 6.45) is 0. The van der Waals surface area contributed by atoms with Gasteiger partial charge in [0.25, 0.3) is 0 Å². The van der Waals surface area contributed by atoms with Gasteiger partial charge in [0.15, 0.2) is 0 Å². The minimum Gasteiger partial charge on any atom is -0.464 e. The lowest BCUT2D eigenvalue weighted by Crippen LogP contribution is -2.45. The van der Waals surface area contributed by atoms with Crippen molar-refractivity contribution in [1.29, 1.82) is 0 Å². The zero-order valence-corrected chi connectivity index (χ0v) is 11.4. The molecule has 0 fully saturated rings. The smallest absolute Gasteiger partial charge is 0.379 e. The topological polar surface area (TPSA) is 44.8 Å². The molecule has 1 aromatic rings. The van der Waals surface area contributed by atoms with Gasteiger partial charge in [0.05, 0.1) is 13.7 Å². The van der Waals surface area contributed by atoms with Crippen molar-refractivity contribution in [3.05, 3.63) is 30.3 Å². The van der Waals surface area contributed by atoms with Crippen LogP contribution in [0.25, 0.3) is 0 Å². The van der Waals surface area contributed by atoms with Gasteiger partial charge in [-0.1, -0.05) is 34.1 Å². The first-order valence-corrected chi connectivity index (χ1v) is 6.27. The summed E-state index contributed by atoms with van der Waals surface area (Å²) < 4.78 is 15.6. The van der Waals surface area contributed by atoms with Crippen LogP contribution in [-0.2, 0) is 14.3 Å². The molecule has 0 aliphatic rings. The van der Waals surface area contributed by atoms with Crippen LogP contribution in [-0.4, -0.2) is 30.8 Å². The minimum absolute atomic E-state index is 0.346. The van der Waals surface area contributed by atoms with Gasteiger partial charge in [-0.25, -0.2) is 4.79 Å². The summed E-state index contributed by atoms with van der Waals surface area (Å²) in [7, 11) is 1.30. The fourth-order valence-corrected chi connectivity index (χ4v) is 1.42. The highest BCUT2D eigenvalue weighted by molar-refractivity contribution is 9.09. The average molecular weight is 303 g/mol. The highest BCUT2D eigenvalue weighted by Crippen LogP contribution is 2.20. The normalized spacial score (nSPS) is 13.8. The fraction of sp³-hybridized carbons (Fsp3) is 0.417. The number of para-hydroxylation sites is 1. The van der Waals surface area contributed by atoms with E-state index in [9.17, 15) is 4.79 Å². The van der Waals surface area contributed by atoms with Crippen LogP contribution in [0.2, 0.25) is 0 Å². The number of carbonyl (C=O) groups excluding carboxylic acids is 1. The van der Waals surface area contributed by atoms with Crippen molar-refractivity contribution in [2.45, 2.75) is 12.7 Å². The van der Waals surface area contributed by atoms with E-state index in [2.05, 4.69) is 20.7 Å². The van der Waals surface area contributed by atoms with Crippen molar-refractivity contribution in [2.24, 2.45) is 0 Å². The summed E-state index contributed by atoms with van der Waals surface area (Å²) >= 11 is 3.23. The third-order valence-corrected chi connectivity index (χ3v) is 2.39. The van der Waals surface area contributed by atoms with Crippen LogP contribution in [0.1, 0.15) is 6.92 Å². The highest BCUT2D eigenvalue weighted by Gasteiger charge is 2.38. The van der Waals surface area contributed by atoms with Crippen LogP contribution in [0, 0.1) is 0 Å². The second-order valence-corrected chi connectivity index (χ2v) is 4.18. The number of benzene rings is 1. The first-order valence-electron chi connectivity index (χ1n) is 5.15. The summed E-state index contributed by atoms with van der Waals surface area (Å²) in [5, 5.41) is 0.609. The van der Waals surface area contributed by atoms with Crippen LogP contribution in [0.15, 0.2) is 30.3 Å². The molecule has 0 aromatic heterocycles. The molecule has 0 heterocycles. The van der Waals surface area contributed by atoms with Gasteiger partial charge in [0, 0.05) is 12.3 Å². The van der Waals surface area contributed by atoms with Crippen molar-refractivity contribution in [1.82, 2.24) is 0 Å². The van der Waals surface area contributed by atoms with E-state index in [1.807, 2.05) is 18.2 Å². The van der Waals surface area contributed by atoms with Gasteiger partial charge in [0.2, 0.25) is 0 Å². The SMILES string of the molecule is COC(=O)C(C)(OCCBr)Oc1ccccc1. The molecule has 0 aliphatic heterocycles. The number of halogens is 1. The predicted molar refractivity (Wildman–Crippen MR) is 67.2 cm³/mol. The van der Waals surface area contributed by atoms with Crippen molar-refractivity contribution in [2.75, 3.05) is 19.0 Å². The highest BCUT2D eigenvalue weighted by atomic mass is 79.9. The summed E-state index contributed by atoms with van der Waals surface area (Å²) in [6.45, 7) is 1.88. The molecule has 1 rings (SSSR count). The van der Waals surface area contributed by atoms with Crippen molar-refractivity contribution < 1.29 is 19.0 Å². The summed E-state index contributed by atoms with van der Waals surface area (Å²) in [5.74, 6) is -1.44. The van der Waals surface area contributed by atoms with Gasteiger partial charge < -0.3 is 14.2 Å². The van der Waals surface area contributed by atoms with E-state index in [1.165, 1.54) is 14.0 Å². The Morgan fingerprint density at radius 3 is 2.53 bits per heavy atom. The molecule has 0 saturated carbocycles. The Labute approximate surface area is 109 Å². The van der Waals surface area contributed by atoms with Crippen LogP contribution >= 0.6 is 15.9 Å². The van der Waals surface area contributed by atoms with E-state index in [-0.39, 0.29) is 0 Å². The monoisotopic (exact) mass is 302 g/mol. The molecule has 1 aromatic carbocycles. The fourth-order valence-electron chi connectivity index (χ4n) is 1.26. The molecule has 1 atom stereocenters. The number of carbonyl (C=O) groups is 1. The Hall–Kier alpha value is -1.07. The average Bonchev–Trinajstić information content (AvgIpc) is 2.36. The molecule has 0 radical (unpaired) electrons. The molecular formula is C12H15BrO4. The Bertz CT molecular complexity index is 355. The Morgan fingerprint density at radius 1 is 1.35 bits per heavy atom. The van der Waals surface area contributed by atoms with Gasteiger partial charge in [-0.2, -0.15) is 0 Å². The lowest BCUT2D eigenvalue weighted by atomic mass is 10.3. The number of alkyl halides is 1. The molecule has 17 heavy (non-hydrogen) atoms. The first-order chi connectivity index (χ1) is 8.12. The number of hydrogen-bond donors (Lipinski definition) is 0. The zero-order chi connectivity index (χ0) is 12.7. The summed E-state index contributed by atoms with van der Waals surface area (Å²) in [4.78, 5) is 11.7. The molecular weight excluding hydrogens is 288 g/mol. The maximum Gasteiger partial charge on any atom is 0.379 e. The van der Waals surface area contributed by atoms with Gasteiger partial charge >= 0.3 is 11.8 Å². The molecule has 4 nitrogen and oxygen atoms in total. The Morgan fingerprint density at radius 2 is 2.00 bits per heavy atom. The molecule has 94 valence electrons. The zero-order valence-electron chi connectivity index (χ0n) is 9.81. The van der Waals surface area contributed by atoms with Crippen LogP contribution in [0.5, 0.6) is 5.75 Å². The second kappa shape index (κ2) is 6.61. The number of rotatable bonds is 6. The minimum atomic E-state index is -1.43. The molecule has 0 bridgehead atoms. The van der Waals surface area contributed by atoms with E-state index in [0.717, 1.165) is 0 Å². The van der Waals surface area contributed by atoms with Gasteiger partial charge in [-0.15, -0.1) is 0 Å². The molecule has 0 aliphatic carbocycles. The molecule has 0 spiro atoms. The van der Waals surface area contributed by atoms with Crippen molar-refractivity contribution in [3.63, 3.8) is 0 Å². The largest absolute Gasteiger partial charge is 0.464 e. The third-order valence-electron chi connectivity index (χ3n) is 2.07.